The van der Waals surface area contributed by atoms with Gasteiger partial charge in [0.25, 0.3) is 5.91 Å². The lowest BCUT2D eigenvalue weighted by Gasteiger charge is -2.15. The minimum atomic E-state index is -1.18. The number of ether oxygens (including phenoxy) is 2. The van der Waals surface area contributed by atoms with Crippen LogP contribution in [-0.2, 0) is 25.6 Å². The zero-order valence-electron chi connectivity index (χ0n) is 14.6. The van der Waals surface area contributed by atoms with Gasteiger partial charge in [0.05, 0.1) is 12.7 Å². The number of rotatable bonds is 6. The summed E-state index contributed by atoms with van der Waals surface area (Å²) in [6.07, 6.45) is 0.347. The Morgan fingerprint density at radius 3 is 2.37 bits per heavy atom. The summed E-state index contributed by atoms with van der Waals surface area (Å²) in [4.78, 5) is 36.1. The zero-order chi connectivity index (χ0) is 19.4. The Morgan fingerprint density at radius 1 is 1.04 bits per heavy atom. The number of nitrogens with two attached hydrogens (primary N) is 1. The van der Waals surface area contributed by atoms with Crippen LogP contribution < -0.4 is 5.73 Å². The molecule has 0 fully saturated rings. The Bertz CT molecular complexity index is 994. The summed E-state index contributed by atoms with van der Waals surface area (Å²) in [6.45, 7) is -0.186. The predicted molar refractivity (Wildman–Crippen MR) is 97.7 cm³/mol. The number of fused-ring (bicyclic) bond motifs is 1. The van der Waals surface area contributed by atoms with Gasteiger partial charge in [-0.2, -0.15) is 0 Å². The maximum atomic E-state index is 12.4. The van der Waals surface area contributed by atoms with Crippen molar-refractivity contribution in [2.75, 3.05) is 7.11 Å². The second-order valence-electron chi connectivity index (χ2n) is 5.86. The molecule has 2 N–H and O–H groups in total. The van der Waals surface area contributed by atoms with Gasteiger partial charge in [0.1, 0.15) is 6.54 Å². The van der Waals surface area contributed by atoms with Crippen molar-refractivity contribution in [3.63, 3.8) is 0 Å². The summed E-state index contributed by atoms with van der Waals surface area (Å²) in [5.74, 6) is -1.92. The summed E-state index contributed by atoms with van der Waals surface area (Å²) >= 11 is 0. The highest BCUT2D eigenvalue weighted by Crippen LogP contribution is 2.23. The summed E-state index contributed by atoms with van der Waals surface area (Å²) in [5, 5.41) is 0.659. The average Bonchev–Trinajstić information content (AvgIpc) is 3.04. The maximum absolute atomic E-state index is 12.4. The first-order chi connectivity index (χ1) is 13.0. The molecule has 1 amide bonds. The van der Waals surface area contributed by atoms with Crippen LogP contribution in [0.2, 0.25) is 0 Å². The molecule has 7 nitrogen and oxygen atoms in total. The molecule has 0 saturated heterocycles. The highest BCUT2D eigenvalue weighted by atomic mass is 16.5. The lowest BCUT2D eigenvalue weighted by atomic mass is 10.1. The smallest absolute Gasteiger partial charge is 0.340 e. The van der Waals surface area contributed by atoms with Crippen LogP contribution in [0.5, 0.6) is 0 Å². The number of methoxy groups -OCH3 is 1. The van der Waals surface area contributed by atoms with E-state index in [1.54, 1.807) is 59.2 Å². The fraction of sp³-hybridized carbons (Fsp3) is 0.150. The van der Waals surface area contributed by atoms with Crippen LogP contribution in [-0.4, -0.2) is 29.5 Å². The van der Waals surface area contributed by atoms with Crippen LogP contribution in [0, 0.1) is 0 Å². The topological polar surface area (TPSA) is 101 Å². The molecule has 2 aromatic carbocycles. The minimum absolute atomic E-state index is 0.186. The van der Waals surface area contributed by atoms with E-state index < -0.39 is 23.9 Å². The lowest BCUT2D eigenvalue weighted by Crippen LogP contribution is -2.27. The molecule has 3 aromatic rings. The number of hydrogen-bond acceptors (Lipinski definition) is 5. The Morgan fingerprint density at radius 2 is 1.70 bits per heavy atom. The molecule has 0 saturated carbocycles. The van der Waals surface area contributed by atoms with Crippen LogP contribution in [0.3, 0.4) is 0 Å². The number of esters is 2. The molecule has 7 heteroatoms. The molecular weight excluding hydrogens is 348 g/mol. The molecule has 3 rings (SSSR count). The van der Waals surface area contributed by atoms with Gasteiger partial charge < -0.3 is 19.8 Å². The first-order valence-corrected chi connectivity index (χ1v) is 8.21. The molecule has 1 atom stereocenters. The Labute approximate surface area is 155 Å². The molecule has 27 heavy (non-hydrogen) atoms. The van der Waals surface area contributed by atoms with E-state index >= 15 is 0 Å². The Balaban J connectivity index is 1.85. The molecule has 0 aliphatic heterocycles. The monoisotopic (exact) mass is 366 g/mol. The number of benzene rings is 2. The van der Waals surface area contributed by atoms with Gasteiger partial charge in [-0.15, -0.1) is 0 Å². The number of primary amides is 1. The number of aromatic nitrogens is 1. The third kappa shape index (κ3) is 3.82. The van der Waals surface area contributed by atoms with Crippen LogP contribution in [0.25, 0.3) is 10.9 Å². The van der Waals surface area contributed by atoms with Gasteiger partial charge in [0, 0.05) is 22.7 Å². The number of para-hydroxylation sites is 1. The van der Waals surface area contributed by atoms with E-state index in [1.807, 2.05) is 0 Å². The Kier molecular flexibility index (Phi) is 5.21. The van der Waals surface area contributed by atoms with E-state index in [9.17, 15) is 14.4 Å². The highest BCUT2D eigenvalue weighted by Gasteiger charge is 2.23. The van der Waals surface area contributed by atoms with Gasteiger partial charge in [-0.3, -0.25) is 9.59 Å². The quantitative estimate of drug-likeness (QED) is 0.674. The minimum Gasteiger partial charge on any atom is -0.465 e. The summed E-state index contributed by atoms with van der Waals surface area (Å²) < 4.78 is 11.7. The van der Waals surface area contributed by atoms with Crippen molar-refractivity contribution in [1.29, 1.82) is 0 Å². The van der Waals surface area contributed by atoms with Gasteiger partial charge in [0.15, 0.2) is 0 Å². The molecule has 138 valence electrons. The largest absolute Gasteiger partial charge is 0.465 e. The molecule has 1 aromatic heterocycles. The van der Waals surface area contributed by atoms with Crippen molar-refractivity contribution in [3.8, 4) is 0 Å². The van der Waals surface area contributed by atoms with Gasteiger partial charge in [-0.1, -0.05) is 48.5 Å². The average molecular weight is 366 g/mol. The number of hydrogen-bond donors (Lipinski definition) is 1. The maximum Gasteiger partial charge on any atom is 0.340 e. The molecule has 0 aliphatic rings. The van der Waals surface area contributed by atoms with Gasteiger partial charge in [-0.25, -0.2) is 4.79 Å². The fourth-order valence-electron chi connectivity index (χ4n) is 2.88. The number of carbonyl (C=O) groups is 3. The molecule has 0 spiro atoms. The lowest BCUT2D eigenvalue weighted by molar-refractivity contribution is -0.155. The third-order valence-electron chi connectivity index (χ3n) is 4.10. The van der Waals surface area contributed by atoms with Crippen molar-refractivity contribution in [2.45, 2.75) is 12.6 Å². The fourth-order valence-corrected chi connectivity index (χ4v) is 2.88. The predicted octanol–water partition coefficient (Wildman–Crippen LogP) is 2.20. The van der Waals surface area contributed by atoms with Gasteiger partial charge >= 0.3 is 11.9 Å². The van der Waals surface area contributed by atoms with E-state index in [0.717, 1.165) is 0 Å². The van der Waals surface area contributed by atoms with Crippen molar-refractivity contribution >= 4 is 28.7 Å². The van der Waals surface area contributed by atoms with Crippen molar-refractivity contribution in [1.82, 2.24) is 4.57 Å². The molecule has 0 radical (unpaired) electrons. The van der Waals surface area contributed by atoms with E-state index in [-0.39, 0.29) is 6.54 Å². The van der Waals surface area contributed by atoms with E-state index in [0.29, 0.717) is 22.0 Å². The summed E-state index contributed by atoms with van der Waals surface area (Å²) in [6, 6.07) is 15.7. The normalized spacial score (nSPS) is 11.7. The first kappa shape index (κ1) is 18.2. The molecule has 1 heterocycles. The number of carbonyl (C=O) groups excluding carboxylic acids is 3. The van der Waals surface area contributed by atoms with Crippen LogP contribution in [0.1, 0.15) is 22.0 Å². The second kappa shape index (κ2) is 7.74. The zero-order valence-corrected chi connectivity index (χ0v) is 14.6. The van der Waals surface area contributed by atoms with Crippen LogP contribution >= 0.6 is 0 Å². The SMILES string of the molecule is COC(=O)c1cn(CC(=O)O[C@@H](C(N)=O)c2ccccc2)c2ccccc12. The molecular formula is C20H18N2O5. The van der Waals surface area contributed by atoms with Crippen LogP contribution in [0.15, 0.2) is 60.8 Å². The molecule has 0 bridgehead atoms. The van der Waals surface area contributed by atoms with Gasteiger partial charge in [-0.05, 0) is 6.07 Å². The Hall–Kier alpha value is -3.61. The molecule has 0 unspecified atom stereocenters. The second-order valence-corrected chi connectivity index (χ2v) is 5.86. The van der Waals surface area contributed by atoms with Crippen molar-refractivity contribution in [2.24, 2.45) is 5.73 Å². The highest BCUT2D eigenvalue weighted by molar-refractivity contribution is 6.04. The van der Waals surface area contributed by atoms with E-state index in [1.165, 1.54) is 13.3 Å². The summed E-state index contributed by atoms with van der Waals surface area (Å²) in [7, 11) is 1.29. The number of nitrogens with zero attached hydrogens (tertiary/aromatic N) is 1. The van der Waals surface area contributed by atoms with Gasteiger partial charge in [0.2, 0.25) is 6.10 Å². The molecule has 0 aliphatic carbocycles. The van der Waals surface area contributed by atoms with Crippen LogP contribution in [0.4, 0.5) is 0 Å². The van der Waals surface area contributed by atoms with E-state index in [4.69, 9.17) is 15.2 Å². The van der Waals surface area contributed by atoms with Crippen molar-refractivity contribution in [3.05, 3.63) is 71.9 Å². The third-order valence-corrected chi connectivity index (χ3v) is 4.10. The first-order valence-electron chi connectivity index (χ1n) is 8.21. The standard InChI is InChI=1S/C20H18N2O5/c1-26-20(25)15-11-22(16-10-6-5-9-14(15)16)12-17(23)27-18(19(21)24)13-7-3-2-4-8-13/h2-11,18H,12H2,1H3,(H2,21,24)/t18-/m1/s1. The summed E-state index contributed by atoms with van der Waals surface area (Å²) in [5.41, 5.74) is 6.88. The van der Waals surface area contributed by atoms with E-state index in [2.05, 4.69) is 0 Å². The number of amides is 1. The van der Waals surface area contributed by atoms with Crippen molar-refractivity contribution < 1.29 is 23.9 Å².